The van der Waals surface area contributed by atoms with Crippen LogP contribution in [0.3, 0.4) is 0 Å². The molecule has 0 aliphatic carbocycles. The van der Waals surface area contributed by atoms with Gasteiger partial charge in [-0.3, -0.25) is 9.69 Å². The van der Waals surface area contributed by atoms with Crippen molar-refractivity contribution in [3.63, 3.8) is 0 Å². The number of nitrogens with zero attached hydrogens (tertiary/aromatic N) is 1. The molecule has 0 heterocycles. The lowest BCUT2D eigenvalue weighted by Crippen LogP contribution is -2.39. The molecule has 1 amide bonds. The quantitative estimate of drug-likeness (QED) is 0.833. The normalized spacial score (nSPS) is 11.0. The van der Waals surface area contributed by atoms with E-state index in [1.54, 1.807) is 39.0 Å². The van der Waals surface area contributed by atoms with Crippen LogP contribution < -0.4 is 5.73 Å². The van der Waals surface area contributed by atoms with E-state index in [1.807, 2.05) is 0 Å². The van der Waals surface area contributed by atoms with E-state index in [1.165, 1.54) is 0 Å². The van der Waals surface area contributed by atoms with Gasteiger partial charge in [0.25, 0.3) is 0 Å². The van der Waals surface area contributed by atoms with Crippen LogP contribution in [0.2, 0.25) is 5.02 Å². The molecular weight excluding hydrogens is 296 g/mol. The summed E-state index contributed by atoms with van der Waals surface area (Å²) in [6.07, 6.45) is -0.718. The number of nitrogen functional groups attached to an aromatic ring is 1. The lowest BCUT2D eigenvalue weighted by molar-refractivity contribution is -0.138. The Morgan fingerprint density at radius 2 is 2.00 bits per heavy atom. The molecule has 21 heavy (non-hydrogen) atoms. The predicted molar refractivity (Wildman–Crippen MR) is 80.1 cm³/mol. The first-order valence-electron chi connectivity index (χ1n) is 6.32. The number of anilines is 1. The zero-order valence-electron chi connectivity index (χ0n) is 12.2. The molecule has 1 rings (SSSR count). The number of carbonyl (C=O) groups is 2. The fourth-order valence-corrected chi connectivity index (χ4v) is 1.79. The number of carboxylic acids is 1. The SMILES string of the molecule is CC(C)(C)OC(=O)N(CC(=O)O)Cc1cc(Cl)ccc1N. The number of rotatable bonds is 4. The molecule has 0 atom stereocenters. The van der Waals surface area contributed by atoms with Gasteiger partial charge >= 0.3 is 12.1 Å². The van der Waals surface area contributed by atoms with Crippen molar-refractivity contribution in [1.29, 1.82) is 0 Å². The van der Waals surface area contributed by atoms with Gasteiger partial charge in [0.2, 0.25) is 0 Å². The number of halogens is 1. The van der Waals surface area contributed by atoms with Crippen molar-refractivity contribution in [1.82, 2.24) is 4.90 Å². The van der Waals surface area contributed by atoms with Crippen molar-refractivity contribution in [3.8, 4) is 0 Å². The van der Waals surface area contributed by atoms with Crippen LogP contribution in [0, 0.1) is 0 Å². The average Bonchev–Trinajstić information content (AvgIpc) is 2.30. The lowest BCUT2D eigenvalue weighted by Gasteiger charge is -2.26. The third-order valence-corrected chi connectivity index (χ3v) is 2.68. The number of amides is 1. The highest BCUT2D eigenvalue weighted by atomic mass is 35.5. The van der Waals surface area contributed by atoms with Gasteiger partial charge in [0.05, 0.1) is 6.54 Å². The summed E-state index contributed by atoms with van der Waals surface area (Å²) in [5.74, 6) is -1.14. The van der Waals surface area contributed by atoms with Gasteiger partial charge in [0, 0.05) is 10.7 Å². The first-order valence-corrected chi connectivity index (χ1v) is 6.70. The van der Waals surface area contributed by atoms with Crippen LogP contribution in [0.4, 0.5) is 10.5 Å². The van der Waals surface area contributed by atoms with E-state index < -0.39 is 24.2 Å². The fraction of sp³-hybridized carbons (Fsp3) is 0.429. The molecule has 1 aromatic carbocycles. The molecule has 3 N–H and O–H groups in total. The monoisotopic (exact) mass is 314 g/mol. The summed E-state index contributed by atoms with van der Waals surface area (Å²) >= 11 is 5.89. The van der Waals surface area contributed by atoms with Crippen LogP contribution in [0.15, 0.2) is 18.2 Å². The second-order valence-electron chi connectivity index (χ2n) is 5.57. The highest BCUT2D eigenvalue weighted by Crippen LogP contribution is 2.20. The van der Waals surface area contributed by atoms with Gasteiger partial charge in [-0.2, -0.15) is 0 Å². The Labute approximate surface area is 128 Å². The molecule has 0 aliphatic heterocycles. The third kappa shape index (κ3) is 5.91. The van der Waals surface area contributed by atoms with Crippen LogP contribution in [0.1, 0.15) is 26.3 Å². The van der Waals surface area contributed by atoms with Crippen molar-refractivity contribution in [2.75, 3.05) is 12.3 Å². The molecule has 0 aromatic heterocycles. The number of hydrogen-bond donors (Lipinski definition) is 2. The van der Waals surface area contributed by atoms with Gasteiger partial charge in [-0.1, -0.05) is 11.6 Å². The minimum atomic E-state index is -1.14. The Hall–Kier alpha value is -1.95. The number of nitrogens with two attached hydrogens (primary N) is 1. The zero-order valence-corrected chi connectivity index (χ0v) is 13.0. The van der Waals surface area contributed by atoms with E-state index >= 15 is 0 Å². The van der Waals surface area contributed by atoms with Crippen molar-refractivity contribution in [2.45, 2.75) is 32.9 Å². The molecule has 0 saturated carbocycles. The highest BCUT2D eigenvalue weighted by molar-refractivity contribution is 6.30. The third-order valence-electron chi connectivity index (χ3n) is 2.44. The Bertz CT molecular complexity index is 540. The summed E-state index contributed by atoms with van der Waals surface area (Å²) < 4.78 is 5.19. The Kier molecular flexibility index (Phi) is 5.43. The number of benzene rings is 1. The van der Waals surface area contributed by atoms with Gasteiger partial charge < -0.3 is 15.6 Å². The maximum Gasteiger partial charge on any atom is 0.411 e. The molecular formula is C14H19ClN2O4. The van der Waals surface area contributed by atoms with Gasteiger partial charge in [-0.25, -0.2) is 4.79 Å². The van der Waals surface area contributed by atoms with Crippen LogP contribution in [-0.4, -0.2) is 34.2 Å². The molecule has 0 bridgehead atoms. The second-order valence-corrected chi connectivity index (χ2v) is 6.01. The average molecular weight is 315 g/mol. The lowest BCUT2D eigenvalue weighted by atomic mass is 10.1. The van der Waals surface area contributed by atoms with E-state index in [-0.39, 0.29) is 6.54 Å². The molecule has 0 spiro atoms. The van der Waals surface area contributed by atoms with E-state index in [0.717, 1.165) is 4.90 Å². The van der Waals surface area contributed by atoms with E-state index in [2.05, 4.69) is 0 Å². The van der Waals surface area contributed by atoms with Crippen LogP contribution in [-0.2, 0) is 16.1 Å². The molecule has 0 fully saturated rings. The summed E-state index contributed by atoms with van der Waals surface area (Å²) in [4.78, 5) is 24.0. The van der Waals surface area contributed by atoms with Crippen LogP contribution in [0.25, 0.3) is 0 Å². The highest BCUT2D eigenvalue weighted by Gasteiger charge is 2.24. The number of aliphatic carboxylic acids is 1. The van der Waals surface area contributed by atoms with E-state index in [9.17, 15) is 9.59 Å². The Balaban J connectivity index is 2.95. The largest absolute Gasteiger partial charge is 0.480 e. The standard InChI is InChI=1S/C14H19ClN2O4/c1-14(2,3)21-13(20)17(8-12(18)19)7-9-6-10(15)4-5-11(9)16/h4-6H,7-8,16H2,1-3H3,(H,18,19). The minimum absolute atomic E-state index is 0.00755. The smallest absolute Gasteiger partial charge is 0.411 e. The molecule has 6 nitrogen and oxygen atoms in total. The van der Waals surface area contributed by atoms with Crippen molar-refractivity contribution < 1.29 is 19.4 Å². The first-order chi connectivity index (χ1) is 9.58. The Morgan fingerprint density at radius 3 is 2.52 bits per heavy atom. The van der Waals surface area contributed by atoms with Gasteiger partial charge in [-0.05, 0) is 44.5 Å². The predicted octanol–water partition coefficient (Wildman–Crippen LogP) is 2.74. The summed E-state index contributed by atoms with van der Waals surface area (Å²) in [5, 5.41) is 9.38. The maximum absolute atomic E-state index is 12.1. The summed E-state index contributed by atoms with van der Waals surface area (Å²) in [7, 11) is 0. The molecule has 0 aliphatic rings. The second kappa shape index (κ2) is 6.67. The summed E-state index contributed by atoms with van der Waals surface area (Å²) in [6.45, 7) is 4.64. The van der Waals surface area contributed by atoms with Crippen molar-refractivity contribution >= 4 is 29.4 Å². The maximum atomic E-state index is 12.1. The van der Waals surface area contributed by atoms with Crippen LogP contribution >= 0.6 is 11.6 Å². The zero-order chi connectivity index (χ0) is 16.2. The fourth-order valence-electron chi connectivity index (χ4n) is 1.59. The van der Waals surface area contributed by atoms with E-state index in [4.69, 9.17) is 27.2 Å². The molecule has 116 valence electrons. The minimum Gasteiger partial charge on any atom is -0.480 e. The van der Waals surface area contributed by atoms with E-state index in [0.29, 0.717) is 16.3 Å². The molecule has 1 aromatic rings. The van der Waals surface area contributed by atoms with Gasteiger partial charge in [0.1, 0.15) is 12.1 Å². The number of ether oxygens (including phenoxy) is 1. The first kappa shape index (κ1) is 17.1. The number of hydrogen-bond acceptors (Lipinski definition) is 4. The van der Waals surface area contributed by atoms with Gasteiger partial charge in [-0.15, -0.1) is 0 Å². The van der Waals surface area contributed by atoms with Crippen molar-refractivity contribution in [3.05, 3.63) is 28.8 Å². The molecule has 0 radical (unpaired) electrons. The van der Waals surface area contributed by atoms with Gasteiger partial charge in [0.15, 0.2) is 0 Å². The summed E-state index contributed by atoms with van der Waals surface area (Å²) in [6, 6.07) is 4.82. The topological polar surface area (TPSA) is 92.9 Å². The summed E-state index contributed by atoms with van der Waals surface area (Å²) in [5.41, 5.74) is 6.09. The van der Waals surface area contributed by atoms with Crippen molar-refractivity contribution in [2.24, 2.45) is 0 Å². The molecule has 0 unspecified atom stereocenters. The Morgan fingerprint density at radius 1 is 1.38 bits per heavy atom. The number of carboxylic acid groups (broad SMARTS) is 1. The van der Waals surface area contributed by atoms with Crippen LogP contribution in [0.5, 0.6) is 0 Å². The molecule has 7 heteroatoms. The molecule has 0 saturated heterocycles. The number of carbonyl (C=O) groups excluding carboxylic acids is 1.